The molecule has 1 spiro atoms. The van der Waals surface area contributed by atoms with E-state index < -0.39 is 12.0 Å². The molecule has 3 aromatic rings. The average molecular weight is 474 g/mol. The summed E-state index contributed by atoms with van der Waals surface area (Å²) in [4.78, 5) is 4.49. The van der Waals surface area contributed by atoms with E-state index in [0.717, 1.165) is 37.1 Å². The fourth-order valence-corrected chi connectivity index (χ4v) is 5.56. The summed E-state index contributed by atoms with van der Waals surface area (Å²) in [6, 6.07) is 5.05. The van der Waals surface area contributed by atoms with Gasteiger partial charge in [0.2, 0.25) is 6.23 Å². The van der Waals surface area contributed by atoms with Crippen LogP contribution in [0.25, 0.3) is 11.1 Å². The van der Waals surface area contributed by atoms with Crippen molar-refractivity contribution in [3.05, 3.63) is 58.2 Å². The van der Waals surface area contributed by atoms with Gasteiger partial charge in [0.05, 0.1) is 27.8 Å². The summed E-state index contributed by atoms with van der Waals surface area (Å²) in [6.07, 6.45) is 9.87. The van der Waals surface area contributed by atoms with Crippen molar-refractivity contribution < 1.29 is 9.13 Å². The van der Waals surface area contributed by atoms with Gasteiger partial charge in [0.1, 0.15) is 5.82 Å². The zero-order valence-corrected chi connectivity index (χ0v) is 18.8. The molecular formula is C23H22Cl2FN5O. The number of fused-ring (bicyclic) bond motifs is 1. The SMILES string of the molecule is Fc1ccc(Cl)c(C2Nc3ncc(-c4cnn(C5CCC6(CC5)CNC6)c4)cc3O2)c1Cl. The van der Waals surface area contributed by atoms with E-state index in [-0.39, 0.29) is 5.02 Å². The van der Waals surface area contributed by atoms with Crippen LogP contribution >= 0.6 is 23.2 Å². The van der Waals surface area contributed by atoms with Crippen LogP contribution in [0, 0.1) is 11.2 Å². The van der Waals surface area contributed by atoms with Crippen molar-refractivity contribution in [3.63, 3.8) is 0 Å². The molecule has 32 heavy (non-hydrogen) atoms. The molecule has 0 amide bonds. The van der Waals surface area contributed by atoms with E-state index in [4.69, 9.17) is 27.9 Å². The van der Waals surface area contributed by atoms with Gasteiger partial charge in [-0.05, 0) is 49.3 Å². The highest BCUT2D eigenvalue weighted by molar-refractivity contribution is 6.36. The van der Waals surface area contributed by atoms with Gasteiger partial charge in [-0.1, -0.05) is 23.2 Å². The fraction of sp³-hybridized carbons (Fsp3) is 0.391. The lowest BCUT2D eigenvalue weighted by Crippen LogP contribution is -2.54. The molecule has 2 fully saturated rings. The summed E-state index contributed by atoms with van der Waals surface area (Å²) in [7, 11) is 0. The molecule has 1 saturated carbocycles. The van der Waals surface area contributed by atoms with Gasteiger partial charge < -0.3 is 15.4 Å². The standard InChI is InChI=1S/C23H22Cl2FN5O/c24-16-1-2-17(26)20(25)19(16)22-30-21-18(32-22)7-13(8-28-21)14-9-29-31(10-14)15-3-5-23(6-4-15)11-27-12-23/h1-2,7-10,15,22,27H,3-6,11-12H2,(H,28,30). The van der Waals surface area contributed by atoms with Crippen LogP contribution in [0.3, 0.4) is 0 Å². The molecule has 2 aliphatic heterocycles. The zero-order valence-electron chi connectivity index (χ0n) is 17.2. The van der Waals surface area contributed by atoms with Crippen molar-refractivity contribution >= 4 is 29.0 Å². The van der Waals surface area contributed by atoms with Gasteiger partial charge in [0.15, 0.2) is 11.6 Å². The highest BCUT2D eigenvalue weighted by atomic mass is 35.5. The number of pyridine rings is 1. The Balaban J connectivity index is 1.20. The van der Waals surface area contributed by atoms with Crippen LogP contribution < -0.4 is 15.4 Å². The smallest absolute Gasteiger partial charge is 0.200 e. The van der Waals surface area contributed by atoms with Gasteiger partial charge in [-0.3, -0.25) is 4.68 Å². The second-order valence-electron chi connectivity index (χ2n) is 9.01. The first kappa shape index (κ1) is 20.3. The number of hydrogen-bond donors (Lipinski definition) is 2. The molecule has 6 nitrogen and oxygen atoms in total. The van der Waals surface area contributed by atoms with Gasteiger partial charge in [-0.2, -0.15) is 5.10 Å². The van der Waals surface area contributed by atoms with E-state index in [0.29, 0.717) is 33.6 Å². The van der Waals surface area contributed by atoms with Crippen LogP contribution in [0.2, 0.25) is 10.0 Å². The first-order chi connectivity index (χ1) is 15.5. The van der Waals surface area contributed by atoms with Crippen LogP contribution in [0.1, 0.15) is 43.5 Å². The molecule has 0 bridgehead atoms. The number of halogens is 3. The van der Waals surface area contributed by atoms with Crippen molar-refractivity contribution in [3.8, 4) is 16.9 Å². The number of aromatic nitrogens is 3. The van der Waals surface area contributed by atoms with Gasteiger partial charge in [-0.15, -0.1) is 0 Å². The Labute approximate surface area is 195 Å². The van der Waals surface area contributed by atoms with Crippen LogP contribution in [0.15, 0.2) is 36.8 Å². The lowest BCUT2D eigenvalue weighted by atomic mass is 9.68. The van der Waals surface area contributed by atoms with E-state index in [2.05, 4.69) is 31.6 Å². The Hall–Kier alpha value is -2.35. The summed E-state index contributed by atoms with van der Waals surface area (Å²) >= 11 is 12.4. The summed E-state index contributed by atoms with van der Waals surface area (Å²) in [5.41, 5.74) is 2.78. The summed E-state index contributed by atoms with van der Waals surface area (Å²) in [5, 5.41) is 11.4. The normalized spacial score (nSPS) is 21.7. The van der Waals surface area contributed by atoms with Crippen molar-refractivity contribution in [1.29, 1.82) is 0 Å². The summed E-state index contributed by atoms with van der Waals surface area (Å²) in [6.45, 7) is 2.32. The molecule has 0 radical (unpaired) electrons. The van der Waals surface area contributed by atoms with E-state index in [1.807, 2.05) is 12.3 Å². The Bertz CT molecular complexity index is 1190. The molecule has 2 N–H and O–H groups in total. The van der Waals surface area contributed by atoms with E-state index in [1.165, 1.54) is 25.0 Å². The molecule has 9 heteroatoms. The molecule has 1 atom stereocenters. The fourth-order valence-electron chi connectivity index (χ4n) is 4.99. The highest BCUT2D eigenvalue weighted by Crippen LogP contribution is 2.45. The van der Waals surface area contributed by atoms with E-state index in [9.17, 15) is 4.39 Å². The third-order valence-electron chi connectivity index (χ3n) is 7.03. The molecular weight excluding hydrogens is 452 g/mol. The molecule has 3 aliphatic rings. The Kier molecular flexibility index (Phi) is 4.82. The maximum atomic E-state index is 13.9. The quantitative estimate of drug-likeness (QED) is 0.484. The molecule has 1 aromatic carbocycles. The molecule has 166 valence electrons. The minimum absolute atomic E-state index is 0.0590. The molecule has 2 aromatic heterocycles. The monoisotopic (exact) mass is 473 g/mol. The zero-order chi connectivity index (χ0) is 21.9. The van der Waals surface area contributed by atoms with Gasteiger partial charge >= 0.3 is 0 Å². The second-order valence-corrected chi connectivity index (χ2v) is 9.80. The number of anilines is 1. The summed E-state index contributed by atoms with van der Waals surface area (Å²) < 4.78 is 22.0. The number of hydrogen-bond acceptors (Lipinski definition) is 5. The first-order valence-corrected chi connectivity index (χ1v) is 11.6. The first-order valence-electron chi connectivity index (χ1n) is 10.8. The predicted octanol–water partition coefficient (Wildman–Crippen LogP) is 5.60. The Morgan fingerprint density at radius 3 is 2.69 bits per heavy atom. The lowest BCUT2D eigenvalue weighted by Gasteiger charge is -2.47. The van der Waals surface area contributed by atoms with Gasteiger partial charge in [-0.25, -0.2) is 9.37 Å². The topological polar surface area (TPSA) is 64.0 Å². The number of rotatable bonds is 3. The Morgan fingerprint density at radius 2 is 1.94 bits per heavy atom. The van der Waals surface area contributed by atoms with E-state index in [1.54, 1.807) is 6.20 Å². The molecule has 1 unspecified atom stereocenters. The molecule has 4 heterocycles. The van der Waals surface area contributed by atoms with Crippen LogP contribution in [-0.2, 0) is 0 Å². The number of nitrogens with zero attached hydrogens (tertiary/aromatic N) is 3. The number of nitrogens with one attached hydrogen (secondary N) is 2. The third-order valence-corrected chi connectivity index (χ3v) is 7.75. The maximum Gasteiger partial charge on any atom is 0.200 e. The minimum Gasteiger partial charge on any atom is -0.462 e. The van der Waals surface area contributed by atoms with Crippen molar-refractivity contribution in [2.45, 2.75) is 38.0 Å². The van der Waals surface area contributed by atoms with Crippen LogP contribution in [-0.4, -0.2) is 27.9 Å². The van der Waals surface area contributed by atoms with Crippen molar-refractivity contribution in [1.82, 2.24) is 20.1 Å². The van der Waals surface area contributed by atoms with E-state index >= 15 is 0 Å². The molecule has 1 saturated heterocycles. The Morgan fingerprint density at radius 1 is 1.12 bits per heavy atom. The molecule has 1 aliphatic carbocycles. The summed E-state index contributed by atoms with van der Waals surface area (Å²) in [5.74, 6) is 0.582. The van der Waals surface area contributed by atoms with Crippen molar-refractivity contribution in [2.75, 3.05) is 18.4 Å². The van der Waals surface area contributed by atoms with Crippen LogP contribution in [0.4, 0.5) is 10.2 Å². The number of benzene rings is 1. The number of ether oxygens (including phenoxy) is 1. The lowest BCUT2D eigenvalue weighted by molar-refractivity contribution is 0.0813. The third kappa shape index (κ3) is 3.34. The molecule has 6 rings (SSSR count). The maximum absolute atomic E-state index is 13.9. The second kappa shape index (κ2) is 7.61. The van der Waals surface area contributed by atoms with Crippen LogP contribution in [0.5, 0.6) is 5.75 Å². The average Bonchev–Trinajstić information content (AvgIpc) is 3.42. The van der Waals surface area contributed by atoms with Crippen molar-refractivity contribution in [2.24, 2.45) is 5.41 Å². The largest absolute Gasteiger partial charge is 0.462 e. The highest BCUT2D eigenvalue weighted by Gasteiger charge is 2.40. The minimum atomic E-state index is -0.707. The van der Waals surface area contributed by atoms with Gasteiger partial charge in [0, 0.05) is 36.6 Å². The van der Waals surface area contributed by atoms with Gasteiger partial charge in [0.25, 0.3) is 0 Å². The predicted molar refractivity (Wildman–Crippen MR) is 122 cm³/mol.